The Bertz CT molecular complexity index is 1960. The number of amides is 3. The first kappa shape index (κ1) is 48.5. The summed E-state index contributed by atoms with van der Waals surface area (Å²) >= 11 is 0. The molecule has 2 atom stereocenters. The number of carbonyl (C=O) groups excluding carboxylic acids is 3. The number of carboxylic acids is 3. The number of piperazine rings is 1. The minimum absolute atomic E-state index is 0.0528. The fraction of sp³-hybridized carbons (Fsp3) is 0.619. The molecule has 21 heteroatoms. The number of fused-ring (bicyclic) bond motifs is 1. The van der Waals surface area contributed by atoms with Crippen molar-refractivity contribution in [2.75, 3.05) is 123 Å². The largest absolute Gasteiger partial charge is 0.481 e. The average molecular weight is 885 g/mol. The van der Waals surface area contributed by atoms with Gasteiger partial charge in [0.05, 0.1) is 49.9 Å². The minimum atomic E-state index is -3.16. The predicted molar refractivity (Wildman–Crippen MR) is 225 cm³/mol. The fourth-order valence-corrected chi connectivity index (χ4v) is 8.37. The second kappa shape index (κ2) is 22.7. The normalized spacial score (nSPS) is 20.9. The summed E-state index contributed by atoms with van der Waals surface area (Å²) in [5.41, 5.74) is 1.64. The molecule has 5 rings (SSSR count). The summed E-state index contributed by atoms with van der Waals surface area (Å²) in [6, 6.07) is 7.51. The number of halogens is 2. The lowest BCUT2D eigenvalue weighted by molar-refractivity contribution is -0.140. The highest BCUT2D eigenvalue weighted by Crippen LogP contribution is 2.31. The second-order valence-electron chi connectivity index (χ2n) is 16.6. The molecular formula is C42H58F2N10O9. The number of alkyl halides is 2. The number of benzene rings is 1. The molecule has 3 aliphatic rings. The molecule has 3 saturated heterocycles. The number of aliphatic carboxylic acids is 3. The van der Waals surface area contributed by atoms with Gasteiger partial charge in [0.25, 0.3) is 11.8 Å². The Morgan fingerprint density at radius 2 is 1.43 bits per heavy atom. The van der Waals surface area contributed by atoms with Crippen LogP contribution in [0.1, 0.15) is 42.5 Å². The molecule has 1 aromatic carbocycles. The van der Waals surface area contributed by atoms with Crippen molar-refractivity contribution in [3.05, 3.63) is 36.0 Å². The zero-order valence-corrected chi connectivity index (χ0v) is 35.7. The van der Waals surface area contributed by atoms with Gasteiger partial charge in [-0.25, -0.2) is 8.78 Å². The van der Waals surface area contributed by atoms with Crippen molar-refractivity contribution in [1.82, 2.24) is 39.7 Å². The second-order valence-corrected chi connectivity index (χ2v) is 16.6. The van der Waals surface area contributed by atoms with E-state index in [1.807, 2.05) is 29.0 Å². The molecule has 2 aromatic rings. The number of nitriles is 1. The predicted octanol–water partition coefficient (Wildman–Crippen LogP) is 0.655. The van der Waals surface area contributed by atoms with Crippen LogP contribution in [-0.2, 0) is 24.0 Å². The number of likely N-dealkylation sites (tertiary alicyclic amines) is 1. The van der Waals surface area contributed by atoms with Gasteiger partial charge in [-0.05, 0) is 69.1 Å². The van der Waals surface area contributed by atoms with Crippen LogP contribution in [0.4, 0.5) is 14.5 Å². The highest BCUT2D eigenvalue weighted by molar-refractivity contribution is 6.07. The van der Waals surface area contributed by atoms with E-state index in [0.717, 1.165) is 23.6 Å². The van der Waals surface area contributed by atoms with Gasteiger partial charge in [0.15, 0.2) is 0 Å². The van der Waals surface area contributed by atoms with Crippen molar-refractivity contribution in [3.8, 4) is 6.07 Å². The van der Waals surface area contributed by atoms with E-state index < -0.39 is 61.2 Å². The Hall–Kier alpha value is -5.56. The maximum atomic E-state index is 13.9. The molecule has 0 aliphatic carbocycles. The Labute approximate surface area is 364 Å². The van der Waals surface area contributed by atoms with Gasteiger partial charge < -0.3 is 35.3 Å². The van der Waals surface area contributed by atoms with Crippen molar-refractivity contribution >= 4 is 52.2 Å². The van der Waals surface area contributed by atoms with Crippen molar-refractivity contribution in [2.45, 2.75) is 44.1 Å². The molecule has 0 spiro atoms. The van der Waals surface area contributed by atoms with Crippen LogP contribution in [0.25, 0.3) is 10.9 Å². The molecule has 1 unspecified atom stereocenters. The smallest absolute Gasteiger partial charge is 0.317 e. The van der Waals surface area contributed by atoms with Crippen LogP contribution in [-0.4, -0.2) is 216 Å². The molecule has 3 amide bonds. The highest BCUT2D eigenvalue weighted by atomic mass is 19.3. The molecule has 0 radical (unpaired) electrons. The number of pyridine rings is 1. The third-order valence-electron chi connectivity index (χ3n) is 12.0. The Balaban J connectivity index is 1.10. The van der Waals surface area contributed by atoms with E-state index in [9.17, 15) is 58.1 Å². The van der Waals surface area contributed by atoms with E-state index in [4.69, 9.17) is 0 Å². The molecule has 344 valence electrons. The lowest BCUT2D eigenvalue weighted by atomic mass is 9.96. The van der Waals surface area contributed by atoms with Gasteiger partial charge in [0.1, 0.15) is 6.04 Å². The number of carboxylic acid groups (broad SMARTS) is 3. The molecule has 1 aromatic heterocycles. The zero-order valence-electron chi connectivity index (χ0n) is 35.7. The first-order chi connectivity index (χ1) is 30.0. The molecule has 3 fully saturated rings. The van der Waals surface area contributed by atoms with Crippen LogP contribution in [0, 0.1) is 17.2 Å². The molecule has 3 aliphatic heterocycles. The molecular weight excluding hydrogens is 827 g/mol. The first-order valence-corrected chi connectivity index (χ1v) is 21.3. The van der Waals surface area contributed by atoms with Gasteiger partial charge in [-0.15, -0.1) is 0 Å². The summed E-state index contributed by atoms with van der Waals surface area (Å²) in [5.74, 6) is -7.74. The van der Waals surface area contributed by atoms with Crippen LogP contribution in [0.3, 0.4) is 0 Å². The quantitative estimate of drug-likeness (QED) is 0.181. The molecule has 63 heavy (non-hydrogen) atoms. The Kier molecular flexibility index (Phi) is 17.5. The van der Waals surface area contributed by atoms with Gasteiger partial charge in [-0.1, -0.05) is 0 Å². The fourth-order valence-electron chi connectivity index (χ4n) is 8.37. The van der Waals surface area contributed by atoms with E-state index >= 15 is 0 Å². The number of carbonyl (C=O) groups is 6. The number of aromatic nitrogens is 1. The molecule has 0 saturated carbocycles. The summed E-state index contributed by atoms with van der Waals surface area (Å²) in [4.78, 5) is 91.0. The SMILES string of the molecule is CN(CCCN1CCN(C(=O)CN2CCC(CC(=O)O)CCN(CC(=O)O)CCN(CC(=O)O)CC2)CC1)c1ccc2nccc(C(=O)NCC(=O)N3CC(F)(F)C[C@H]3C#N)c2c1. The zero-order chi connectivity index (χ0) is 45.7. The third kappa shape index (κ3) is 14.8. The van der Waals surface area contributed by atoms with Crippen molar-refractivity contribution in [3.63, 3.8) is 0 Å². The highest BCUT2D eigenvalue weighted by Gasteiger charge is 2.47. The van der Waals surface area contributed by atoms with Crippen molar-refractivity contribution < 1.29 is 52.9 Å². The van der Waals surface area contributed by atoms with Crippen LogP contribution in [0.5, 0.6) is 0 Å². The average Bonchev–Trinajstić information content (AvgIpc) is 3.57. The molecule has 4 N–H and O–H groups in total. The van der Waals surface area contributed by atoms with E-state index in [1.165, 1.54) is 12.3 Å². The molecule has 4 heterocycles. The summed E-state index contributed by atoms with van der Waals surface area (Å²) < 4.78 is 27.7. The topological polar surface area (TPSA) is 234 Å². The summed E-state index contributed by atoms with van der Waals surface area (Å²) in [7, 11) is 1.93. The van der Waals surface area contributed by atoms with Gasteiger partial charge in [-0.3, -0.25) is 53.4 Å². The summed E-state index contributed by atoms with van der Waals surface area (Å²) in [6.07, 6.45) is 2.42. The van der Waals surface area contributed by atoms with Crippen molar-refractivity contribution in [2.24, 2.45) is 5.92 Å². The molecule has 0 bridgehead atoms. The number of rotatable bonds is 16. The van der Waals surface area contributed by atoms with Crippen LogP contribution in [0.2, 0.25) is 0 Å². The van der Waals surface area contributed by atoms with Crippen molar-refractivity contribution in [1.29, 1.82) is 5.26 Å². The first-order valence-electron chi connectivity index (χ1n) is 21.3. The van der Waals surface area contributed by atoms with Crippen LogP contribution >= 0.6 is 0 Å². The number of nitrogens with zero attached hydrogens (tertiary/aromatic N) is 9. The number of hydrogen-bond acceptors (Lipinski definition) is 13. The van der Waals surface area contributed by atoms with Gasteiger partial charge >= 0.3 is 17.9 Å². The number of nitrogens with one attached hydrogen (secondary N) is 1. The van der Waals surface area contributed by atoms with E-state index in [2.05, 4.69) is 20.1 Å². The summed E-state index contributed by atoms with van der Waals surface area (Å²) in [5, 5.41) is 40.8. The van der Waals surface area contributed by atoms with Gasteiger partial charge in [-0.2, -0.15) is 5.26 Å². The minimum Gasteiger partial charge on any atom is -0.481 e. The molecule has 19 nitrogen and oxygen atoms in total. The number of hydrogen-bond donors (Lipinski definition) is 4. The summed E-state index contributed by atoms with van der Waals surface area (Å²) in [6.45, 7) is 4.29. The van der Waals surface area contributed by atoms with E-state index in [0.29, 0.717) is 95.7 Å². The van der Waals surface area contributed by atoms with E-state index in [-0.39, 0.29) is 43.4 Å². The van der Waals surface area contributed by atoms with Crippen LogP contribution < -0.4 is 10.2 Å². The van der Waals surface area contributed by atoms with Gasteiger partial charge in [0, 0.05) is 96.1 Å². The number of anilines is 1. The Morgan fingerprint density at radius 1 is 0.825 bits per heavy atom. The lowest BCUT2D eigenvalue weighted by Crippen LogP contribution is -2.52. The monoisotopic (exact) mass is 884 g/mol. The van der Waals surface area contributed by atoms with Crippen LogP contribution in [0.15, 0.2) is 30.5 Å². The maximum absolute atomic E-state index is 13.9. The van der Waals surface area contributed by atoms with E-state index in [1.54, 1.807) is 21.9 Å². The maximum Gasteiger partial charge on any atom is 0.317 e. The Morgan fingerprint density at radius 3 is 2.03 bits per heavy atom. The van der Waals surface area contributed by atoms with Gasteiger partial charge in [0.2, 0.25) is 11.8 Å². The lowest BCUT2D eigenvalue weighted by Gasteiger charge is -2.37. The third-order valence-corrected chi connectivity index (χ3v) is 12.0. The standard InChI is InChI=1S/C42H58F2N10O9/c1-48(31-3-4-35-34(22-31)33(5-8-46-35)41(63)47-25-36(55)54-29-42(43,44)23-32(54)24-45)9-2-10-49-17-19-53(20-18-49)37(56)26-50-11-6-30(21-38(57)58)7-12-51(27-39(59)60)14-16-52(15-13-50)28-40(61)62/h3-5,8,22,30,32H,2,6-7,9-21,23,25-29H2,1H3,(H,47,63)(H,57,58)(H,59,60)(H,61,62)/t30?,32-/m0/s1.